The Kier molecular flexibility index (Phi) is 6.57. The van der Waals surface area contributed by atoms with Gasteiger partial charge in [0.05, 0.1) is 5.69 Å². The Labute approximate surface area is 178 Å². The normalized spacial score (nSPS) is 10.6. The lowest BCUT2D eigenvalue weighted by Gasteiger charge is -2.02. The number of hydrogen-bond donors (Lipinski definition) is 1. The highest BCUT2D eigenvalue weighted by Crippen LogP contribution is 2.31. The van der Waals surface area contributed by atoms with Crippen LogP contribution in [-0.4, -0.2) is 16.7 Å². The molecule has 0 aliphatic rings. The topological polar surface area (TPSA) is 59.1 Å². The van der Waals surface area contributed by atoms with Gasteiger partial charge < -0.3 is 5.32 Å². The number of nitrogens with zero attached hydrogens (tertiary/aromatic N) is 1. The number of rotatable bonds is 6. The van der Waals surface area contributed by atoms with Crippen LogP contribution in [0.3, 0.4) is 0 Å². The van der Waals surface area contributed by atoms with Crippen LogP contribution in [0.4, 0.5) is 5.13 Å². The number of carbonyl (C=O) groups excluding carboxylic acids is 2. The van der Waals surface area contributed by atoms with E-state index in [1.54, 1.807) is 12.1 Å². The summed E-state index contributed by atoms with van der Waals surface area (Å²) < 4.78 is 1.92. The smallest absolute Gasteiger partial charge is 0.226 e. The van der Waals surface area contributed by atoms with Crippen molar-refractivity contribution in [3.8, 4) is 11.3 Å². The first kappa shape index (κ1) is 19.9. The van der Waals surface area contributed by atoms with Gasteiger partial charge in [-0.15, -0.1) is 11.3 Å². The van der Waals surface area contributed by atoms with Crippen molar-refractivity contribution in [2.45, 2.75) is 19.8 Å². The van der Waals surface area contributed by atoms with E-state index < -0.39 is 0 Å². The predicted molar refractivity (Wildman–Crippen MR) is 116 cm³/mol. The first-order chi connectivity index (χ1) is 12.9. The zero-order chi connectivity index (χ0) is 19.4. The van der Waals surface area contributed by atoms with Crippen molar-refractivity contribution in [3.05, 3.63) is 67.9 Å². The van der Waals surface area contributed by atoms with Gasteiger partial charge in [0.25, 0.3) is 0 Å². The number of halogens is 2. The number of ketones is 1. The summed E-state index contributed by atoms with van der Waals surface area (Å²) in [5.74, 6) is -0.264. The molecule has 0 aliphatic heterocycles. The van der Waals surface area contributed by atoms with Crippen LogP contribution in [0.1, 0.15) is 28.1 Å². The van der Waals surface area contributed by atoms with E-state index in [0.717, 1.165) is 25.1 Å². The highest BCUT2D eigenvalue weighted by Gasteiger charge is 2.14. The predicted octanol–water partition coefficient (Wildman–Crippen LogP) is 6.25. The van der Waals surface area contributed by atoms with Crippen molar-refractivity contribution in [2.24, 2.45) is 0 Å². The largest absolute Gasteiger partial charge is 0.302 e. The van der Waals surface area contributed by atoms with Crippen LogP contribution in [0.15, 0.2) is 57.5 Å². The Morgan fingerprint density at radius 2 is 1.56 bits per heavy atom. The summed E-state index contributed by atoms with van der Waals surface area (Å²) in [6.45, 7) is 1.97. The molecular weight excluding hydrogens is 492 g/mol. The number of anilines is 1. The van der Waals surface area contributed by atoms with E-state index >= 15 is 0 Å². The Morgan fingerprint density at radius 1 is 0.963 bits per heavy atom. The first-order valence-electron chi connectivity index (χ1n) is 8.24. The summed E-state index contributed by atoms with van der Waals surface area (Å²) in [6, 6.07) is 15.0. The molecule has 0 bridgehead atoms. The van der Waals surface area contributed by atoms with Crippen LogP contribution in [0, 0.1) is 6.92 Å². The molecule has 4 nitrogen and oxygen atoms in total. The molecule has 138 valence electrons. The summed E-state index contributed by atoms with van der Waals surface area (Å²) in [7, 11) is 0. The van der Waals surface area contributed by atoms with Crippen molar-refractivity contribution in [1.82, 2.24) is 4.98 Å². The summed E-state index contributed by atoms with van der Waals surface area (Å²) in [4.78, 5) is 29.9. The van der Waals surface area contributed by atoms with Crippen LogP contribution in [0.25, 0.3) is 11.3 Å². The molecule has 0 aliphatic carbocycles. The standard InChI is InChI=1S/C20H16Br2N2O2S/c1-12-19(14-4-8-16(22)9-5-14)24-20(27-12)23-18(26)11-10-17(25)13-2-6-15(21)7-3-13/h2-9H,10-11H2,1H3,(H,23,24,26). The number of Topliss-reactive ketones (excluding diaryl/α,β-unsaturated/α-hetero) is 1. The SMILES string of the molecule is Cc1sc(NC(=O)CCC(=O)c2ccc(Br)cc2)nc1-c1ccc(Br)cc1. The number of thiazole rings is 1. The molecule has 0 atom stereocenters. The number of carbonyl (C=O) groups is 2. The minimum absolute atomic E-state index is 0.0523. The maximum Gasteiger partial charge on any atom is 0.226 e. The molecule has 1 amide bonds. The summed E-state index contributed by atoms with van der Waals surface area (Å²) >= 11 is 8.19. The van der Waals surface area contributed by atoms with Crippen LogP contribution in [-0.2, 0) is 4.79 Å². The molecule has 0 saturated heterocycles. The van der Waals surface area contributed by atoms with Gasteiger partial charge in [-0.1, -0.05) is 56.1 Å². The van der Waals surface area contributed by atoms with Gasteiger partial charge in [-0.3, -0.25) is 9.59 Å². The number of nitrogens with one attached hydrogen (secondary N) is 1. The number of aryl methyl sites for hydroxylation is 1. The first-order valence-corrected chi connectivity index (χ1v) is 10.6. The summed E-state index contributed by atoms with van der Waals surface area (Å²) in [5.41, 5.74) is 2.46. The molecule has 2 aromatic carbocycles. The Balaban J connectivity index is 1.59. The minimum Gasteiger partial charge on any atom is -0.302 e. The monoisotopic (exact) mass is 506 g/mol. The number of amides is 1. The maximum absolute atomic E-state index is 12.2. The summed E-state index contributed by atoms with van der Waals surface area (Å²) in [6.07, 6.45) is 0.290. The van der Waals surface area contributed by atoms with Crippen LogP contribution in [0.5, 0.6) is 0 Å². The lowest BCUT2D eigenvalue weighted by Crippen LogP contribution is -2.13. The third kappa shape index (κ3) is 5.34. The molecule has 0 saturated carbocycles. The fraction of sp³-hybridized carbons (Fsp3) is 0.150. The van der Waals surface area contributed by atoms with Crippen molar-refractivity contribution >= 4 is 60.0 Å². The second-order valence-corrected chi connectivity index (χ2v) is 8.94. The van der Waals surface area contributed by atoms with Gasteiger partial charge in [0, 0.05) is 37.8 Å². The highest BCUT2D eigenvalue weighted by atomic mass is 79.9. The van der Waals surface area contributed by atoms with Gasteiger partial charge in [-0.2, -0.15) is 0 Å². The molecule has 0 fully saturated rings. The number of benzene rings is 2. The maximum atomic E-state index is 12.2. The molecule has 0 unspecified atom stereocenters. The third-order valence-electron chi connectivity index (χ3n) is 3.91. The fourth-order valence-electron chi connectivity index (χ4n) is 2.51. The van der Waals surface area contributed by atoms with Crippen LogP contribution in [0.2, 0.25) is 0 Å². The van der Waals surface area contributed by atoms with E-state index in [4.69, 9.17) is 0 Å². The minimum atomic E-state index is -0.212. The van der Waals surface area contributed by atoms with E-state index in [-0.39, 0.29) is 24.5 Å². The molecule has 7 heteroatoms. The second-order valence-electron chi connectivity index (χ2n) is 5.91. The van der Waals surface area contributed by atoms with Gasteiger partial charge in [0.15, 0.2) is 10.9 Å². The molecule has 0 spiro atoms. The molecule has 1 heterocycles. The summed E-state index contributed by atoms with van der Waals surface area (Å²) in [5, 5.41) is 3.35. The Hall–Kier alpha value is -1.83. The van der Waals surface area contributed by atoms with Gasteiger partial charge in [0.2, 0.25) is 5.91 Å². The van der Waals surface area contributed by atoms with Crippen molar-refractivity contribution in [2.75, 3.05) is 5.32 Å². The van der Waals surface area contributed by atoms with Crippen molar-refractivity contribution in [3.63, 3.8) is 0 Å². The highest BCUT2D eigenvalue weighted by molar-refractivity contribution is 9.10. The zero-order valence-corrected chi connectivity index (χ0v) is 18.4. The molecule has 0 radical (unpaired) electrons. The quantitative estimate of drug-likeness (QED) is 0.401. The van der Waals surface area contributed by atoms with Gasteiger partial charge in [-0.05, 0) is 31.2 Å². The van der Waals surface area contributed by atoms with E-state index in [1.807, 2.05) is 43.3 Å². The van der Waals surface area contributed by atoms with E-state index in [1.165, 1.54) is 11.3 Å². The third-order valence-corrected chi connectivity index (χ3v) is 5.85. The number of aromatic nitrogens is 1. The second kappa shape index (κ2) is 8.91. The number of hydrogen-bond acceptors (Lipinski definition) is 4. The molecule has 3 rings (SSSR count). The van der Waals surface area contributed by atoms with E-state index in [2.05, 4.69) is 42.2 Å². The van der Waals surface area contributed by atoms with Crippen LogP contribution < -0.4 is 5.32 Å². The van der Waals surface area contributed by atoms with Crippen LogP contribution >= 0.6 is 43.2 Å². The fourth-order valence-corrected chi connectivity index (χ4v) is 3.90. The van der Waals surface area contributed by atoms with Gasteiger partial charge in [0.1, 0.15) is 0 Å². The molecule has 3 aromatic rings. The Morgan fingerprint density at radius 3 is 2.19 bits per heavy atom. The Bertz CT molecular complexity index is 967. The molecule has 27 heavy (non-hydrogen) atoms. The zero-order valence-electron chi connectivity index (χ0n) is 14.5. The van der Waals surface area contributed by atoms with Gasteiger partial charge >= 0.3 is 0 Å². The molecule has 1 N–H and O–H groups in total. The molecule has 1 aromatic heterocycles. The average molecular weight is 508 g/mol. The lowest BCUT2D eigenvalue weighted by molar-refractivity contribution is -0.116. The van der Waals surface area contributed by atoms with E-state index in [9.17, 15) is 9.59 Å². The van der Waals surface area contributed by atoms with Gasteiger partial charge in [-0.25, -0.2) is 4.98 Å². The lowest BCUT2D eigenvalue weighted by atomic mass is 10.1. The average Bonchev–Trinajstić information content (AvgIpc) is 3.01. The van der Waals surface area contributed by atoms with Crippen molar-refractivity contribution < 1.29 is 9.59 Å². The molecular formula is C20H16Br2N2O2S. The van der Waals surface area contributed by atoms with Crippen molar-refractivity contribution in [1.29, 1.82) is 0 Å². The van der Waals surface area contributed by atoms with E-state index in [0.29, 0.717) is 10.7 Å².